The molecule has 1 aliphatic rings. The number of ether oxygens (including phenoxy) is 3. The molecule has 0 unspecified atom stereocenters. The molecule has 2 amide bonds. The van der Waals surface area contributed by atoms with Crippen molar-refractivity contribution in [1.82, 2.24) is 9.78 Å². The van der Waals surface area contributed by atoms with Crippen molar-refractivity contribution in [3.8, 4) is 28.5 Å². The zero-order valence-electron chi connectivity index (χ0n) is 17.3. The van der Waals surface area contributed by atoms with Gasteiger partial charge in [0.2, 0.25) is 11.8 Å². The Labute approximate surface area is 178 Å². The van der Waals surface area contributed by atoms with E-state index in [1.54, 1.807) is 63.8 Å². The number of hydrogen-bond acceptors (Lipinski definition) is 6. The van der Waals surface area contributed by atoms with Crippen LogP contribution < -0.4 is 24.8 Å². The molecule has 1 aliphatic heterocycles. The molecule has 0 bridgehead atoms. The maximum Gasteiger partial charge on any atom is 0.249 e. The minimum absolute atomic E-state index is 0.0180. The van der Waals surface area contributed by atoms with E-state index >= 15 is 0 Å². The van der Waals surface area contributed by atoms with Crippen LogP contribution in [0.2, 0.25) is 0 Å². The van der Waals surface area contributed by atoms with Crippen LogP contribution in [-0.4, -0.2) is 42.9 Å². The molecule has 0 spiro atoms. The lowest BCUT2D eigenvalue weighted by Gasteiger charge is -2.23. The predicted molar refractivity (Wildman–Crippen MR) is 115 cm³/mol. The van der Waals surface area contributed by atoms with Crippen LogP contribution in [0, 0.1) is 0 Å². The van der Waals surface area contributed by atoms with Gasteiger partial charge in [0.15, 0.2) is 11.5 Å². The predicted octanol–water partition coefficient (Wildman–Crippen LogP) is 3.10. The van der Waals surface area contributed by atoms with Gasteiger partial charge in [-0.2, -0.15) is 5.10 Å². The maximum atomic E-state index is 13.0. The molecule has 9 heteroatoms. The van der Waals surface area contributed by atoms with Gasteiger partial charge in [-0.15, -0.1) is 0 Å². The van der Waals surface area contributed by atoms with Gasteiger partial charge in [0.25, 0.3) is 0 Å². The average molecular weight is 422 g/mol. The first kappa shape index (κ1) is 20.3. The molecule has 2 N–H and O–H groups in total. The molecule has 9 nitrogen and oxygen atoms in total. The second kappa shape index (κ2) is 8.39. The Morgan fingerprint density at radius 1 is 1.06 bits per heavy atom. The second-order valence-corrected chi connectivity index (χ2v) is 6.92. The van der Waals surface area contributed by atoms with Crippen molar-refractivity contribution in [2.45, 2.75) is 12.5 Å². The maximum absolute atomic E-state index is 13.0. The minimum atomic E-state index is -0.788. The Morgan fingerprint density at radius 2 is 1.87 bits per heavy atom. The number of nitrogens with zero attached hydrogens (tertiary/aromatic N) is 2. The zero-order chi connectivity index (χ0) is 22.0. The second-order valence-electron chi connectivity index (χ2n) is 6.92. The van der Waals surface area contributed by atoms with Crippen molar-refractivity contribution < 1.29 is 23.8 Å². The fourth-order valence-electron chi connectivity index (χ4n) is 3.45. The largest absolute Gasteiger partial charge is 0.497 e. The number of benzene rings is 2. The molecule has 1 aromatic heterocycles. The normalized spacial score (nSPS) is 14.9. The van der Waals surface area contributed by atoms with E-state index in [-0.39, 0.29) is 18.2 Å². The Morgan fingerprint density at radius 3 is 2.61 bits per heavy atom. The number of aromatic nitrogens is 2. The summed E-state index contributed by atoms with van der Waals surface area (Å²) < 4.78 is 17.4. The van der Waals surface area contributed by atoms with Crippen LogP contribution in [0.3, 0.4) is 0 Å². The van der Waals surface area contributed by atoms with Crippen molar-refractivity contribution in [2.75, 3.05) is 32.0 Å². The number of methoxy groups -OCH3 is 3. The minimum Gasteiger partial charge on any atom is -0.497 e. The van der Waals surface area contributed by atoms with Gasteiger partial charge in [-0.1, -0.05) is 6.07 Å². The summed E-state index contributed by atoms with van der Waals surface area (Å²) in [5, 5.41) is 10.2. The van der Waals surface area contributed by atoms with Crippen LogP contribution in [0.4, 0.5) is 11.5 Å². The summed E-state index contributed by atoms with van der Waals surface area (Å²) in [7, 11) is 4.67. The van der Waals surface area contributed by atoms with Crippen LogP contribution in [0.15, 0.2) is 48.5 Å². The number of carbonyl (C=O) groups excluding carboxylic acids is 2. The summed E-state index contributed by atoms with van der Waals surface area (Å²) in [6.45, 7) is 0. The molecular weight excluding hydrogens is 400 g/mol. The lowest BCUT2D eigenvalue weighted by molar-refractivity contribution is -0.125. The van der Waals surface area contributed by atoms with Gasteiger partial charge in [-0.05, 0) is 30.3 Å². The summed E-state index contributed by atoms with van der Waals surface area (Å²) >= 11 is 0. The molecule has 2 aromatic carbocycles. The lowest BCUT2D eigenvalue weighted by Crippen LogP contribution is -2.35. The summed E-state index contributed by atoms with van der Waals surface area (Å²) in [4.78, 5) is 25.2. The fourth-order valence-corrected chi connectivity index (χ4v) is 3.45. The Balaban J connectivity index is 1.64. The highest BCUT2D eigenvalue weighted by Crippen LogP contribution is 2.35. The van der Waals surface area contributed by atoms with E-state index in [1.165, 1.54) is 4.68 Å². The summed E-state index contributed by atoms with van der Waals surface area (Å²) in [6, 6.07) is 13.4. The highest BCUT2D eigenvalue weighted by atomic mass is 16.5. The number of rotatable bonds is 6. The van der Waals surface area contributed by atoms with E-state index in [4.69, 9.17) is 14.2 Å². The van der Waals surface area contributed by atoms with E-state index in [0.717, 1.165) is 5.56 Å². The first-order chi connectivity index (χ1) is 15.0. The highest BCUT2D eigenvalue weighted by Gasteiger charge is 2.32. The monoisotopic (exact) mass is 422 g/mol. The standard InChI is InChI=1S/C22H22N4O5/c1-29-15-6-4-5-14(10-15)23-22(28)17-12-21(27)24-20-11-16(25-26(17)20)13-7-8-18(30-2)19(9-13)31-3/h4-11,17H,12H2,1-3H3,(H,23,28)(H,24,27)/t17-/m1/s1. The van der Waals surface area contributed by atoms with E-state index < -0.39 is 6.04 Å². The Bertz CT molecular complexity index is 1140. The van der Waals surface area contributed by atoms with Crippen molar-refractivity contribution in [2.24, 2.45) is 0 Å². The molecule has 1 atom stereocenters. The molecule has 0 saturated carbocycles. The fraction of sp³-hybridized carbons (Fsp3) is 0.227. The Hall–Kier alpha value is -4.01. The van der Waals surface area contributed by atoms with Crippen LogP contribution in [-0.2, 0) is 9.59 Å². The van der Waals surface area contributed by atoms with Crippen LogP contribution in [0.5, 0.6) is 17.2 Å². The van der Waals surface area contributed by atoms with Gasteiger partial charge in [0.1, 0.15) is 17.6 Å². The molecule has 0 aliphatic carbocycles. The van der Waals surface area contributed by atoms with Gasteiger partial charge in [-0.25, -0.2) is 4.68 Å². The van der Waals surface area contributed by atoms with Crippen LogP contribution in [0.25, 0.3) is 11.3 Å². The number of nitrogens with one attached hydrogen (secondary N) is 2. The molecule has 0 saturated heterocycles. The molecular formula is C22H22N4O5. The zero-order valence-corrected chi connectivity index (χ0v) is 17.3. The molecule has 160 valence electrons. The first-order valence-electron chi connectivity index (χ1n) is 9.59. The van der Waals surface area contributed by atoms with Crippen LogP contribution in [0.1, 0.15) is 12.5 Å². The van der Waals surface area contributed by atoms with Crippen molar-refractivity contribution in [3.05, 3.63) is 48.5 Å². The van der Waals surface area contributed by atoms with E-state index in [2.05, 4.69) is 15.7 Å². The lowest BCUT2D eigenvalue weighted by atomic mass is 10.1. The third kappa shape index (κ3) is 4.02. The third-order valence-corrected chi connectivity index (χ3v) is 5.00. The summed E-state index contributed by atoms with van der Waals surface area (Å²) in [5.74, 6) is 1.63. The molecule has 3 aromatic rings. The van der Waals surface area contributed by atoms with Crippen molar-refractivity contribution >= 4 is 23.3 Å². The van der Waals surface area contributed by atoms with Gasteiger partial charge < -0.3 is 24.8 Å². The number of fused-ring (bicyclic) bond motifs is 1. The first-order valence-corrected chi connectivity index (χ1v) is 9.59. The number of anilines is 2. The highest BCUT2D eigenvalue weighted by molar-refractivity contribution is 6.01. The van der Waals surface area contributed by atoms with Crippen molar-refractivity contribution in [3.63, 3.8) is 0 Å². The smallest absolute Gasteiger partial charge is 0.249 e. The van der Waals surface area contributed by atoms with Gasteiger partial charge in [0.05, 0.1) is 33.4 Å². The number of hydrogen-bond donors (Lipinski definition) is 2. The SMILES string of the molecule is COc1cccc(NC(=O)[C@H]2CC(=O)Nc3cc(-c4ccc(OC)c(OC)c4)nn32)c1. The van der Waals surface area contributed by atoms with E-state index in [9.17, 15) is 9.59 Å². The molecule has 31 heavy (non-hydrogen) atoms. The average Bonchev–Trinajstić information content (AvgIpc) is 3.21. The molecule has 2 heterocycles. The molecule has 4 rings (SSSR count). The van der Waals surface area contributed by atoms with E-state index in [0.29, 0.717) is 34.4 Å². The van der Waals surface area contributed by atoms with Crippen molar-refractivity contribution in [1.29, 1.82) is 0 Å². The molecule has 0 radical (unpaired) electrons. The topological polar surface area (TPSA) is 104 Å². The van der Waals surface area contributed by atoms with Crippen LogP contribution >= 0.6 is 0 Å². The number of amides is 2. The Kier molecular flexibility index (Phi) is 5.48. The number of carbonyl (C=O) groups is 2. The summed E-state index contributed by atoms with van der Waals surface area (Å²) in [6.07, 6.45) is -0.0180. The third-order valence-electron chi connectivity index (χ3n) is 5.00. The molecule has 0 fully saturated rings. The van der Waals surface area contributed by atoms with E-state index in [1.807, 2.05) is 6.07 Å². The van der Waals surface area contributed by atoms with Gasteiger partial charge in [0, 0.05) is 23.4 Å². The quantitative estimate of drug-likeness (QED) is 0.633. The van der Waals surface area contributed by atoms with Gasteiger partial charge in [-0.3, -0.25) is 9.59 Å². The van der Waals surface area contributed by atoms with Gasteiger partial charge >= 0.3 is 0 Å². The summed E-state index contributed by atoms with van der Waals surface area (Å²) in [5.41, 5.74) is 1.93.